The van der Waals surface area contributed by atoms with Crippen molar-refractivity contribution in [3.63, 3.8) is 0 Å². The molecule has 8 heteroatoms. The number of anilines is 1. The maximum Gasteiger partial charge on any atom is 0.264 e. The fraction of sp³-hybridized carbons (Fsp3) is 0.269. The van der Waals surface area contributed by atoms with Gasteiger partial charge < -0.3 is 14.8 Å². The van der Waals surface area contributed by atoms with Gasteiger partial charge in [-0.05, 0) is 49.6 Å². The molecule has 0 aromatic heterocycles. The van der Waals surface area contributed by atoms with E-state index in [0.717, 1.165) is 17.1 Å². The highest BCUT2D eigenvalue weighted by Gasteiger charge is 2.28. The highest BCUT2D eigenvalue weighted by atomic mass is 32.2. The number of benzene rings is 3. The van der Waals surface area contributed by atoms with Crippen molar-refractivity contribution in [3.8, 4) is 11.5 Å². The van der Waals surface area contributed by atoms with Gasteiger partial charge in [0.05, 0.1) is 24.8 Å². The monoisotopic (exact) mass is 482 g/mol. The van der Waals surface area contributed by atoms with Gasteiger partial charge in [-0.15, -0.1) is 0 Å². The summed E-state index contributed by atoms with van der Waals surface area (Å²) >= 11 is 0. The summed E-state index contributed by atoms with van der Waals surface area (Å²) in [5.74, 6) is 0.321. The second kappa shape index (κ2) is 11.6. The number of carbonyl (C=O) groups is 1. The van der Waals surface area contributed by atoms with Gasteiger partial charge in [0.25, 0.3) is 10.0 Å². The number of sulfonamides is 1. The lowest BCUT2D eigenvalue weighted by Crippen LogP contribution is -2.43. The van der Waals surface area contributed by atoms with Gasteiger partial charge >= 0.3 is 0 Å². The van der Waals surface area contributed by atoms with Crippen LogP contribution in [0.5, 0.6) is 11.5 Å². The Morgan fingerprint density at radius 2 is 1.53 bits per heavy atom. The highest BCUT2D eigenvalue weighted by molar-refractivity contribution is 7.92. The Labute approximate surface area is 201 Å². The van der Waals surface area contributed by atoms with E-state index in [-0.39, 0.29) is 29.1 Å². The maximum atomic E-state index is 13.6. The van der Waals surface area contributed by atoms with E-state index in [1.807, 2.05) is 37.3 Å². The molecule has 0 radical (unpaired) electrons. The molecule has 7 nitrogen and oxygen atoms in total. The molecule has 180 valence electrons. The zero-order valence-electron chi connectivity index (χ0n) is 19.6. The van der Waals surface area contributed by atoms with Crippen molar-refractivity contribution in [3.05, 3.63) is 84.4 Å². The van der Waals surface area contributed by atoms with Crippen molar-refractivity contribution >= 4 is 21.6 Å². The smallest absolute Gasteiger partial charge is 0.264 e. The Morgan fingerprint density at radius 1 is 0.912 bits per heavy atom. The summed E-state index contributed by atoms with van der Waals surface area (Å²) in [4.78, 5) is 12.9. The van der Waals surface area contributed by atoms with Crippen LogP contribution in [0.25, 0.3) is 0 Å². The Morgan fingerprint density at radius 3 is 2.15 bits per heavy atom. The summed E-state index contributed by atoms with van der Waals surface area (Å²) in [7, 11) is -1.15. The van der Waals surface area contributed by atoms with Crippen molar-refractivity contribution in [2.45, 2.75) is 30.7 Å². The van der Waals surface area contributed by atoms with Crippen LogP contribution in [0.4, 0.5) is 5.69 Å². The van der Waals surface area contributed by atoms with Gasteiger partial charge in [0.15, 0.2) is 11.5 Å². The van der Waals surface area contributed by atoms with Crippen molar-refractivity contribution in [2.75, 3.05) is 25.1 Å². The van der Waals surface area contributed by atoms with Gasteiger partial charge in [0.1, 0.15) is 6.54 Å². The predicted octanol–water partition coefficient (Wildman–Crippen LogP) is 4.04. The van der Waals surface area contributed by atoms with E-state index in [9.17, 15) is 13.2 Å². The van der Waals surface area contributed by atoms with Gasteiger partial charge in [0.2, 0.25) is 5.91 Å². The number of aryl methyl sites for hydroxylation is 1. The van der Waals surface area contributed by atoms with Gasteiger partial charge in [-0.3, -0.25) is 9.10 Å². The molecule has 0 aliphatic carbocycles. The summed E-state index contributed by atoms with van der Waals surface area (Å²) in [6, 6.07) is 22.8. The van der Waals surface area contributed by atoms with Crippen molar-refractivity contribution in [1.82, 2.24) is 5.32 Å². The molecule has 0 spiro atoms. The maximum absolute atomic E-state index is 13.6. The number of amides is 1. The SMILES string of the molecule is COc1ccc(S(=O)(=O)N(CC(=O)N[C@H](C)CCc2ccccc2)c2ccccc2)cc1OC. The van der Waals surface area contributed by atoms with Crippen molar-refractivity contribution in [2.24, 2.45) is 0 Å². The van der Waals surface area contributed by atoms with E-state index in [1.165, 1.54) is 38.0 Å². The minimum Gasteiger partial charge on any atom is -0.493 e. The van der Waals surface area contributed by atoms with E-state index < -0.39 is 10.0 Å². The third-order valence-corrected chi connectivity index (χ3v) is 7.16. The fourth-order valence-electron chi connectivity index (χ4n) is 3.56. The zero-order chi connectivity index (χ0) is 24.6. The molecule has 1 atom stereocenters. The first-order valence-electron chi connectivity index (χ1n) is 11.0. The third kappa shape index (κ3) is 6.29. The van der Waals surface area contributed by atoms with Crippen LogP contribution in [0, 0.1) is 0 Å². The van der Waals surface area contributed by atoms with Crippen molar-refractivity contribution in [1.29, 1.82) is 0 Å². The molecule has 1 N–H and O–H groups in total. The summed E-state index contributed by atoms with van der Waals surface area (Å²) < 4.78 is 38.8. The lowest BCUT2D eigenvalue weighted by atomic mass is 10.1. The molecule has 3 aromatic rings. The topological polar surface area (TPSA) is 84.9 Å². The third-order valence-electron chi connectivity index (χ3n) is 5.39. The normalized spacial score (nSPS) is 12.0. The molecular formula is C26H30N2O5S. The molecule has 0 aliphatic heterocycles. The van der Waals surface area contributed by atoms with E-state index in [0.29, 0.717) is 11.4 Å². The number of carbonyl (C=O) groups excluding carboxylic acids is 1. The fourth-order valence-corrected chi connectivity index (χ4v) is 5.00. The molecule has 3 rings (SSSR count). The quantitative estimate of drug-likeness (QED) is 0.446. The number of para-hydroxylation sites is 1. The molecule has 0 bridgehead atoms. The summed E-state index contributed by atoms with van der Waals surface area (Å²) in [5, 5.41) is 2.92. The first-order chi connectivity index (χ1) is 16.3. The molecule has 0 heterocycles. The first kappa shape index (κ1) is 25.1. The van der Waals surface area contributed by atoms with Gasteiger partial charge in [-0.2, -0.15) is 0 Å². The van der Waals surface area contributed by atoms with E-state index in [4.69, 9.17) is 9.47 Å². The lowest BCUT2D eigenvalue weighted by molar-refractivity contribution is -0.120. The Hall–Kier alpha value is -3.52. The summed E-state index contributed by atoms with van der Waals surface area (Å²) in [5.41, 5.74) is 1.58. The number of rotatable bonds is 11. The number of nitrogens with one attached hydrogen (secondary N) is 1. The van der Waals surface area contributed by atoms with Crippen LogP contribution < -0.4 is 19.1 Å². The average Bonchev–Trinajstić information content (AvgIpc) is 2.86. The highest BCUT2D eigenvalue weighted by Crippen LogP contribution is 2.32. The number of methoxy groups -OCH3 is 2. The summed E-state index contributed by atoms with van der Waals surface area (Å²) in [6.07, 6.45) is 1.55. The standard InChI is InChI=1S/C26H30N2O5S/c1-20(14-15-21-10-6-4-7-11-21)27-26(29)19-28(22-12-8-5-9-13-22)34(30,31)23-16-17-24(32-2)25(18-23)33-3/h4-13,16-18,20H,14-15,19H2,1-3H3,(H,27,29)/t20-/m1/s1. The van der Waals surface area contributed by atoms with Gasteiger partial charge in [-0.1, -0.05) is 48.5 Å². The van der Waals surface area contributed by atoms with Crippen molar-refractivity contribution < 1.29 is 22.7 Å². The number of ether oxygens (including phenoxy) is 2. The first-order valence-corrected chi connectivity index (χ1v) is 12.4. The molecule has 34 heavy (non-hydrogen) atoms. The van der Waals surface area contributed by atoms with Crippen LogP contribution in [0.15, 0.2) is 83.8 Å². The molecule has 0 aliphatic rings. The largest absolute Gasteiger partial charge is 0.493 e. The van der Waals surface area contributed by atoms with Crippen LogP contribution in [0.1, 0.15) is 18.9 Å². The minimum atomic E-state index is -4.06. The molecule has 3 aromatic carbocycles. The Kier molecular flexibility index (Phi) is 8.54. The second-order valence-electron chi connectivity index (χ2n) is 7.86. The predicted molar refractivity (Wildman–Crippen MR) is 133 cm³/mol. The van der Waals surface area contributed by atoms with Crippen LogP contribution in [0.3, 0.4) is 0 Å². The number of nitrogens with zero attached hydrogens (tertiary/aromatic N) is 1. The molecule has 0 unspecified atom stereocenters. The summed E-state index contributed by atoms with van der Waals surface area (Å²) in [6.45, 7) is 1.56. The number of hydrogen-bond acceptors (Lipinski definition) is 5. The molecule has 0 saturated carbocycles. The minimum absolute atomic E-state index is 0.000992. The van der Waals surface area contributed by atoms with E-state index in [1.54, 1.807) is 30.3 Å². The molecular weight excluding hydrogens is 452 g/mol. The van der Waals surface area contributed by atoms with Crippen LogP contribution >= 0.6 is 0 Å². The van der Waals surface area contributed by atoms with E-state index >= 15 is 0 Å². The van der Waals surface area contributed by atoms with Crippen LogP contribution in [-0.4, -0.2) is 41.1 Å². The molecule has 0 saturated heterocycles. The van der Waals surface area contributed by atoms with Crippen LogP contribution in [-0.2, 0) is 21.2 Å². The second-order valence-corrected chi connectivity index (χ2v) is 9.72. The van der Waals surface area contributed by atoms with Gasteiger partial charge in [0, 0.05) is 12.1 Å². The Balaban J connectivity index is 1.79. The lowest BCUT2D eigenvalue weighted by Gasteiger charge is -2.25. The Bertz CT molecular complexity index is 1180. The van der Waals surface area contributed by atoms with Crippen LogP contribution in [0.2, 0.25) is 0 Å². The molecule has 1 amide bonds. The van der Waals surface area contributed by atoms with E-state index in [2.05, 4.69) is 5.32 Å². The number of hydrogen-bond donors (Lipinski definition) is 1. The zero-order valence-corrected chi connectivity index (χ0v) is 20.4. The molecule has 0 fully saturated rings. The van der Waals surface area contributed by atoms with Gasteiger partial charge in [-0.25, -0.2) is 8.42 Å². The average molecular weight is 483 g/mol.